The second-order valence-corrected chi connectivity index (χ2v) is 6.54. The Labute approximate surface area is 140 Å². The molecule has 0 saturated carbocycles. The minimum atomic E-state index is 0.209. The number of hydrogen-bond acceptors (Lipinski definition) is 3. The summed E-state index contributed by atoms with van der Waals surface area (Å²) in [6, 6.07) is 4.76. The third kappa shape index (κ3) is 2.60. The molecule has 2 atom stereocenters. The van der Waals surface area contributed by atoms with Gasteiger partial charge in [-0.15, -0.1) is 0 Å². The molecule has 0 saturated heterocycles. The lowest BCUT2D eigenvalue weighted by molar-refractivity contribution is 0.737. The van der Waals surface area contributed by atoms with Crippen molar-refractivity contribution in [3.63, 3.8) is 0 Å². The lowest BCUT2D eigenvalue weighted by Gasteiger charge is -2.10. The zero-order chi connectivity index (χ0) is 15.9. The maximum absolute atomic E-state index is 4.79. The van der Waals surface area contributed by atoms with Crippen LogP contribution in [0.5, 0.6) is 0 Å². The van der Waals surface area contributed by atoms with Crippen molar-refractivity contribution in [2.75, 3.05) is 0 Å². The van der Waals surface area contributed by atoms with Crippen LogP contribution in [0.3, 0.4) is 0 Å². The van der Waals surface area contributed by atoms with Crippen LogP contribution >= 0.6 is 0 Å². The Morgan fingerprint density at radius 1 is 0.958 bits per heavy atom. The standard InChI is InChI=1S/C20H18N4/c1-2-14-10-16-5-6-18(23-16)12-20-8-7-19(24-20)11-17-4-3-15(22-17)9-13(1)21-14/h1-9,12,14,17,21,24H,10-11H2/b13-9-,18-12-. The van der Waals surface area contributed by atoms with Gasteiger partial charge >= 0.3 is 0 Å². The van der Waals surface area contributed by atoms with Gasteiger partial charge in [-0.1, -0.05) is 12.2 Å². The average Bonchev–Trinajstić information content (AvgIpc) is 3.32. The average molecular weight is 314 g/mol. The van der Waals surface area contributed by atoms with Crippen molar-refractivity contribution >= 4 is 17.5 Å². The van der Waals surface area contributed by atoms with E-state index in [1.54, 1.807) is 0 Å². The number of rotatable bonds is 0. The predicted molar refractivity (Wildman–Crippen MR) is 98.2 cm³/mol. The molecule has 1 aromatic rings. The topological polar surface area (TPSA) is 52.5 Å². The number of aromatic nitrogens is 1. The van der Waals surface area contributed by atoms with Crippen LogP contribution in [0.4, 0.5) is 0 Å². The number of hydrogen-bond donors (Lipinski definition) is 2. The predicted octanol–water partition coefficient (Wildman–Crippen LogP) is 3.10. The number of fused-ring (bicyclic) bond motifs is 6. The van der Waals surface area contributed by atoms with Gasteiger partial charge in [0.2, 0.25) is 0 Å². The molecule has 2 N–H and O–H groups in total. The smallest absolute Gasteiger partial charge is 0.0745 e. The summed E-state index contributed by atoms with van der Waals surface area (Å²) >= 11 is 0. The maximum atomic E-state index is 4.79. The van der Waals surface area contributed by atoms with Gasteiger partial charge in [-0.3, -0.25) is 9.98 Å². The number of nitrogens with zero attached hydrogens (tertiary/aromatic N) is 2. The molecule has 0 fully saturated rings. The molecule has 0 radical (unpaired) electrons. The number of aromatic amines is 1. The summed E-state index contributed by atoms with van der Waals surface area (Å²) < 4.78 is 0. The van der Waals surface area contributed by atoms with Crippen molar-refractivity contribution in [2.24, 2.45) is 9.98 Å². The molecular weight excluding hydrogens is 296 g/mol. The fraction of sp³-hybridized carbons (Fsp3) is 0.200. The van der Waals surface area contributed by atoms with E-state index in [4.69, 9.17) is 9.98 Å². The molecule has 0 spiro atoms. The van der Waals surface area contributed by atoms with Crippen molar-refractivity contribution in [2.45, 2.75) is 24.9 Å². The SMILES string of the molecule is C1=CC2Cc3ccc([nH]3)/C=C3/C=CC(=N3)CC3C=C/C(=C/C1=N2)N3. The molecule has 4 aliphatic heterocycles. The van der Waals surface area contributed by atoms with E-state index >= 15 is 0 Å². The van der Waals surface area contributed by atoms with Crippen LogP contribution in [0.1, 0.15) is 17.8 Å². The molecule has 2 unspecified atom stereocenters. The van der Waals surface area contributed by atoms with Gasteiger partial charge in [0.15, 0.2) is 0 Å². The number of H-pyrrole nitrogens is 1. The molecule has 4 heteroatoms. The Bertz CT molecular complexity index is 902. The third-order valence-electron chi connectivity index (χ3n) is 4.62. The molecule has 0 aliphatic carbocycles. The van der Waals surface area contributed by atoms with Gasteiger partial charge in [0.25, 0.3) is 0 Å². The first kappa shape index (κ1) is 13.5. The second kappa shape index (κ2) is 5.34. The molecule has 5 rings (SSSR count). The fourth-order valence-corrected chi connectivity index (χ4v) is 3.47. The van der Waals surface area contributed by atoms with Crippen LogP contribution in [0, 0.1) is 0 Å². The molecule has 1 aromatic heterocycles. The number of aliphatic imine (C=N–C) groups is 2. The van der Waals surface area contributed by atoms with Crippen molar-refractivity contribution in [3.05, 3.63) is 77.4 Å². The van der Waals surface area contributed by atoms with Crippen LogP contribution in [0.2, 0.25) is 0 Å². The maximum Gasteiger partial charge on any atom is 0.0745 e. The van der Waals surface area contributed by atoms with E-state index in [0.717, 1.165) is 41.4 Å². The highest BCUT2D eigenvalue weighted by Crippen LogP contribution is 2.20. The van der Waals surface area contributed by atoms with E-state index in [1.165, 1.54) is 5.69 Å². The van der Waals surface area contributed by atoms with Crippen molar-refractivity contribution in [1.82, 2.24) is 10.3 Å². The summed E-state index contributed by atoms with van der Waals surface area (Å²) in [5.74, 6) is 0. The van der Waals surface area contributed by atoms with Crippen molar-refractivity contribution in [1.29, 1.82) is 0 Å². The van der Waals surface area contributed by atoms with Gasteiger partial charge in [-0.05, 0) is 48.6 Å². The quantitative estimate of drug-likeness (QED) is 0.759. The highest BCUT2D eigenvalue weighted by Gasteiger charge is 2.18. The zero-order valence-electron chi connectivity index (χ0n) is 13.2. The molecule has 118 valence electrons. The molecule has 5 heterocycles. The van der Waals surface area contributed by atoms with Gasteiger partial charge in [-0.25, -0.2) is 0 Å². The minimum absolute atomic E-state index is 0.209. The molecule has 4 aliphatic rings. The van der Waals surface area contributed by atoms with Crippen LogP contribution < -0.4 is 5.32 Å². The van der Waals surface area contributed by atoms with E-state index in [2.05, 4.69) is 71.0 Å². The lowest BCUT2D eigenvalue weighted by Crippen LogP contribution is -2.23. The van der Waals surface area contributed by atoms with Crippen LogP contribution in [-0.4, -0.2) is 28.5 Å². The molecule has 8 bridgehead atoms. The van der Waals surface area contributed by atoms with Gasteiger partial charge in [0, 0.05) is 35.6 Å². The highest BCUT2D eigenvalue weighted by molar-refractivity contribution is 6.06. The third-order valence-corrected chi connectivity index (χ3v) is 4.62. The minimum Gasteiger partial charge on any atom is -0.378 e. The lowest BCUT2D eigenvalue weighted by atomic mass is 10.1. The summed E-state index contributed by atoms with van der Waals surface area (Å²) in [5, 5.41) is 3.53. The zero-order valence-corrected chi connectivity index (χ0v) is 13.2. The molecule has 0 aromatic carbocycles. The monoisotopic (exact) mass is 314 g/mol. The first-order valence-corrected chi connectivity index (χ1v) is 8.38. The Hall–Kier alpha value is -2.88. The summed E-state index contributed by atoms with van der Waals surface area (Å²) in [5.41, 5.74) is 6.56. The van der Waals surface area contributed by atoms with E-state index in [1.807, 2.05) is 0 Å². The normalized spacial score (nSPS) is 31.2. The van der Waals surface area contributed by atoms with Crippen molar-refractivity contribution in [3.8, 4) is 0 Å². The molecular formula is C20H18N4. The van der Waals surface area contributed by atoms with Gasteiger partial charge in [0.05, 0.1) is 23.5 Å². The Morgan fingerprint density at radius 2 is 1.96 bits per heavy atom. The summed E-state index contributed by atoms with van der Waals surface area (Å²) in [6.45, 7) is 0. The largest absolute Gasteiger partial charge is 0.378 e. The van der Waals surface area contributed by atoms with Crippen LogP contribution in [0.15, 0.2) is 76.0 Å². The first-order chi connectivity index (χ1) is 11.8. The number of allylic oxidation sites excluding steroid dienone is 5. The Kier molecular flexibility index (Phi) is 3.01. The van der Waals surface area contributed by atoms with Gasteiger partial charge < -0.3 is 10.3 Å². The summed E-state index contributed by atoms with van der Waals surface area (Å²) in [4.78, 5) is 13.0. The van der Waals surface area contributed by atoms with Gasteiger partial charge in [-0.2, -0.15) is 0 Å². The van der Waals surface area contributed by atoms with E-state index in [-0.39, 0.29) is 6.04 Å². The second-order valence-electron chi connectivity index (χ2n) is 6.54. The van der Waals surface area contributed by atoms with E-state index in [0.29, 0.717) is 6.04 Å². The Morgan fingerprint density at radius 3 is 2.96 bits per heavy atom. The summed E-state index contributed by atoms with van der Waals surface area (Å²) in [7, 11) is 0. The Balaban J connectivity index is 1.53. The fourth-order valence-electron chi connectivity index (χ4n) is 3.47. The van der Waals surface area contributed by atoms with Gasteiger partial charge in [0.1, 0.15) is 0 Å². The molecule has 0 amide bonds. The van der Waals surface area contributed by atoms with Crippen LogP contribution in [0.25, 0.3) is 6.08 Å². The first-order valence-electron chi connectivity index (χ1n) is 8.38. The molecule has 24 heavy (non-hydrogen) atoms. The summed E-state index contributed by atoms with van der Waals surface area (Å²) in [6.07, 6.45) is 18.8. The highest BCUT2D eigenvalue weighted by atomic mass is 14.9. The van der Waals surface area contributed by atoms with E-state index in [9.17, 15) is 0 Å². The van der Waals surface area contributed by atoms with E-state index < -0.39 is 0 Å². The number of nitrogens with one attached hydrogen (secondary N) is 2. The van der Waals surface area contributed by atoms with Crippen LogP contribution in [-0.2, 0) is 6.42 Å². The van der Waals surface area contributed by atoms with Crippen molar-refractivity contribution < 1.29 is 0 Å². The molecule has 4 nitrogen and oxygen atoms in total.